The first-order valence-electron chi connectivity index (χ1n) is 15.0. The van der Waals surface area contributed by atoms with Crippen molar-refractivity contribution in [1.29, 1.82) is 0 Å². The number of nitrogens with zero attached hydrogens (tertiary/aromatic N) is 1. The summed E-state index contributed by atoms with van der Waals surface area (Å²) in [5.41, 5.74) is 1.22. The molecule has 230 valence electrons. The Kier molecular flexibility index (Phi) is 9.43. The van der Waals surface area contributed by atoms with Crippen LogP contribution >= 0.6 is 0 Å². The smallest absolute Gasteiger partial charge is 0.491 e. The van der Waals surface area contributed by atoms with Crippen molar-refractivity contribution in [3.05, 3.63) is 54.1 Å². The van der Waals surface area contributed by atoms with Crippen molar-refractivity contribution in [2.24, 2.45) is 0 Å². The van der Waals surface area contributed by atoms with E-state index >= 15 is 0 Å². The highest BCUT2D eigenvalue weighted by molar-refractivity contribution is 6.74. The Bertz CT molecular complexity index is 1220. The van der Waals surface area contributed by atoms with E-state index in [-0.39, 0.29) is 30.8 Å². The Morgan fingerprint density at radius 3 is 2.33 bits per heavy atom. The van der Waals surface area contributed by atoms with Crippen molar-refractivity contribution < 1.29 is 33.1 Å². The topological polar surface area (TPSA) is 86.7 Å². The van der Waals surface area contributed by atoms with Gasteiger partial charge >= 0.3 is 13.2 Å². The van der Waals surface area contributed by atoms with Gasteiger partial charge in [0, 0.05) is 0 Å². The van der Waals surface area contributed by atoms with Crippen LogP contribution in [0.1, 0.15) is 60.5 Å². The number of ether oxygens (including phenoxy) is 2. The summed E-state index contributed by atoms with van der Waals surface area (Å²) >= 11 is 0. The van der Waals surface area contributed by atoms with Crippen molar-refractivity contribution in [1.82, 2.24) is 4.90 Å². The first-order chi connectivity index (χ1) is 19.5. The lowest BCUT2D eigenvalue weighted by molar-refractivity contribution is 0.00578. The Labute approximate surface area is 252 Å². The molecular formula is C32H48BNO7Si. The molecule has 1 saturated heterocycles. The van der Waals surface area contributed by atoms with Gasteiger partial charge in [-0.05, 0) is 87.9 Å². The molecule has 2 atom stereocenters. The molecule has 1 amide bonds. The van der Waals surface area contributed by atoms with Crippen LogP contribution in [0.3, 0.4) is 0 Å². The molecule has 1 unspecified atom stereocenters. The first-order valence-corrected chi connectivity index (χ1v) is 17.9. The van der Waals surface area contributed by atoms with Crippen LogP contribution in [0.25, 0.3) is 0 Å². The van der Waals surface area contributed by atoms with Crippen LogP contribution in [0.5, 0.6) is 11.5 Å². The van der Waals surface area contributed by atoms with Crippen molar-refractivity contribution in [3.63, 3.8) is 0 Å². The zero-order valence-corrected chi connectivity index (χ0v) is 27.7. The Balaban J connectivity index is 1.43. The third-order valence-corrected chi connectivity index (χ3v) is 13.7. The van der Waals surface area contributed by atoms with Crippen molar-refractivity contribution in [2.45, 2.75) is 103 Å². The van der Waals surface area contributed by atoms with E-state index in [1.54, 1.807) is 0 Å². The number of para-hydroxylation sites is 1. The van der Waals surface area contributed by atoms with Gasteiger partial charge in [0.15, 0.2) is 8.32 Å². The number of rotatable bonds is 10. The number of aryl methyl sites for hydroxylation is 1. The molecule has 8 nitrogen and oxygen atoms in total. The molecule has 4 rings (SSSR count). The summed E-state index contributed by atoms with van der Waals surface area (Å²) in [5.74, 6) is 1.51. The second kappa shape index (κ2) is 12.2. The zero-order valence-electron chi connectivity index (χ0n) is 26.7. The van der Waals surface area contributed by atoms with E-state index < -0.39 is 38.8 Å². The van der Waals surface area contributed by atoms with Gasteiger partial charge < -0.3 is 33.2 Å². The number of fused-ring (bicyclic) bond motifs is 1. The highest BCUT2D eigenvalue weighted by Crippen LogP contribution is 2.38. The minimum Gasteiger partial charge on any atom is -0.491 e. The van der Waals surface area contributed by atoms with Gasteiger partial charge in [-0.1, -0.05) is 51.1 Å². The molecule has 42 heavy (non-hydrogen) atoms. The van der Waals surface area contributed by atoms with Crippen LogP contribution in [0.15, 0.2) is 48.5 Å². The molecule has 2 aromatic carbocycles. The monoisotopic (exact) mass is 597 g/mol. The van der Waals surface area contributed by atoms with E-state index in [1.165, 1.54) is 4.90 Å². The molecule has 1 fully saturated rings. The predicted octanol–water partition coefficient (Wildman–Crippen LogP) is 6.13. The van der Waals surface area contributed by atoms with E-state index in [1.807, 2.05) is 70.2 Å². The summed E-state index contributed by atoms with van der Waals surface area (Å²) in [6, 6.07) is 15.6. The molecule has 2 aromatic rings. The largest absolute Gasteiger partial charge is 0.494 e. The zero-order chi connectivity index (χ0) is 30.9. The van der Waals surface area contributed by atoms with Gasteiger partial charge in [0.1, 0.15) is 24.2 Å². The maximum absolute atomic E-state index is 12.4. The highest BCUT2D eigenvalue weighted by atomic mass is 28.4. The molecule has 0 aliphatic carbocycles. The van der Waals surface area contributed by atoms with Gasteiger partial charge in [-0.3, -0.25) is 0 Å². The molecular weight excluding hydrogens is 549 g/mol. The fourth-order valence-corrected chi connectivity index (χ4v) is 6.19. The summed E-state index contributed by atoms with van der Waals surface area (Å²) in [6.07, 6.45) is -0.191. The highest BCUT2D eigenvalue weighted by Gasteiger charge is 2.52. The molecule has 2 heterocycles. The van der Waals surface area contributed by atoms with E-state index in [2.05, 4.69) is 39.9 Å². The Morgan fingerprint density at radius 2 is 1.74 bits per heavy atom. The fourth-order valence-electron chi connectivity index (χ4n) is 4.86. The van der Waals surface area contributed by atoms with E-state index in [0.717, 1.165) is 28.9 Å². The molecule has 0 radical (unpaired) electrons. The lowest BCUT2D eigenvalue weighted by atomic mass is 9.77. The Morgan fingerprint density at radius 1 is 1.10 bits per heavy atom. The maximum atomic E-state index is 12.4. The van der Waals surface area contributed by atoms with Crippen LogP contribution in [-0.2, 0) is 20.2 Å². The second-order valence-electron chi connectivity index (χ2n) is 14.0. The summed E-state index contributed by atoms with van der Waals surface area (Å²) in [6.45, 7) is 19.8. The number of hydrogen-bond donors (Lipinski definition) is 1. The SMILES string of the molecule is CC1(C)OB(c2ccc3c(c2)CC[C@H](CN(CC(COc2ccccc2)O[Si](C)(C)C(C)(C)C)C(=O)O)O3)OC1(C)C. The van der Waals surface area contributed by atoms with Crippen molar-refractivity contribution >= 4 is 27.0 Å². The van der Waals surface area contributed by atoms with E-state index in [9.17, 15) is 9.90 Å². The lowest BCUT2D eigenvalue weighted by Crippen LogP contribution is -2.51. The molecule has 0 spiro atoms. The molecule has 2 aliphatic heterocycles. The van der Waals surface area contributed by atoms with Gasteiger partial charge in [-0.2, -0.15) is 0 Å². The van der Waals surface area contributed by atoms with E-state index in [4.69, 9.17) is 23.2 Å². The average Bonchev–Trinajstić information content (AvgIpc) is 3.12. The predicted molar refractivity (Wildman–Crippen MR) is 168 cm³/mol. The van der Waals surface area contributed by atoms with Crippen LogP contribution in [0, 0.1) is 0 Å². The molecule has 2 aliphatic rings. The molecule has 1 N–H and O–H groups in total. The van der Waals surface area contributed by atoms with Gasteiger partial charge in [0.05, 0.1) is 30.4 Å². The van der Waals surface area contributed by atoms with Gasteiger partial charge in [-0.15, -0.1) is 0 Å². The fraction of sp³-hybridized carbons (Fsp3) is 0.594. The minimum absolute atomic E-state index is 0.0266. The molecule has 0 bridgehead atoms. The third kappa shape index (κ3) is 7.51. The molecule has 0 aromatic heterocycles. The minimum atomic E-state index is -2.19. The van der Waals surface area contributed by atoms with Crippen LogP contribution in [-0.4, -0.2) is 74.6 Å². The van der Waals surface area contributed by atoms with Crippen molar-refractivity contribution in [3.8, 4) is 11.5 Å². The van der Waals surface area contributed by atoms with Crippen LogP contribution in [0.2, 0.25) is 18.1 Å². The second-order valence-corrected chi connectivity index (χ2v) is 18.8. The standard InChI is InChI=1S/C32H48BNO7Si/c1-30(2,3)42(8,9)39-27(22-37-25-13-11-10-12-14-25)21-34(29(35)36)20-26-17-15-23-19-24(16-18-28(23)38-26)33-40-31(4,5)32(6,7)41-33/h10-14,16,18-19,26-27H,15,17,20-22H2,1-9H3,(H,35,36)/t26-,27?/m1/s1. The molecule has 0 saturated carbocycles. The Hall–Kier alpha value is -2.53. The first kappa shape index (κ1) is 32.4. The van der Waals surface area contributed by atoms with Crippen LogP contribution < -0.4 is 14.9 Å². The maximum Gasteiger partial charge on any atom is 0.494 e. The summed E-state index contributed by atoms with van der Waals surface area (Å²) < 4.78 is 31.5. The van der Waals surface area contributed by atoms with E-state index in [0.29, 0.717) is 6.42 Å². The number of hydrogen-bond acceptors (Lipinski definition) is 6. The van der Waals surface area contributed by atoms with Crippen molar-refractivity contribution in [2.75, 3.05) is 19.7 Å². The summed E-state index contributed by atoms with van der Waals surface area (Å²) in [4.78, 5) is 13.9. The van der Waals surface area contributed by atoms with Gasteiger partial charge in [-0.25, -0.2) is 4.79 Å². The number of benzene rings is 2. The third-order valence-electron chi connectivity index (χ3n) is 9.20. The number of carbonyl (C=O) groups is 1. The lowest BCUT2D eigenvalue weighted by Gasteiger charge is -2.40. The van der Waals surface area contributed by atoms with Crippen LogP contribution in [0.4, 0.5) is 4.79 Å². The normalized spacial score (nSPS) is 20.4. The van der Waals surface area contributed by atoms with Gasteiger partial charge in [0.25, 0.3) is 0 Å². The summed E-state index contributed by atoms with van der Waals surface area (Å²) in [5, 5.41) is 10.2. The average molecular weight is 598 g/mol. The van der Waals surface area contributed by atoms with Gasteiger partial charge in [0.2, 0.25) is 0 Å². The quantitative estimate of drug-likeness (QED) is 0.330. The number of amides is 1. The number of carboxylic acid groups (broad SMARTS) is 1. The summed E-state index contributed by atoms with van der Waals surface area (Å²) in [7, 11) is -2.63. The molecule has 10 heteroatoms.